The highest BCUT2D eigenvalue weighted by Crippen LogP contribution is 2.23. The van der Waals surface area contributed by atoms with E-state index in [0.29, 0.717) is 24.4 Å². The van der Waals surface area contributed by atoms with Gasteiger partial charge in [-0.3, -0.25) is 4.79 Å². The SMILES string of the molecule is Cl.O=C(CC1CSCCN1)N1CCCC1Cc1ccccc1. The zero-order chi connectivity index (χ0) is 14.5. The monoisotopic (exact) mass is 340 g/mol. The summed E-state index contributed by atoms with van der Waals surface area (Å²) >= 11 is 1.96. The van der Waals surface area contributed by atoms with Gasteiger partial charge in [-0.2, -0.15) is 11.8 Å². The van der Waals surface area contributed by atoms with Gasteiger partial charge in [-0.15, -0.1) is 12.4 Å². The Morgan fingerprint density at radius 3 is 2.86 bits per heavy atom. The van der Waals surface area contributed by atoms with Crippen molar-refractivity contribution in [3.63, 3.8) is 0 Å². The highest BCUT2D eigenvalue weighted by molar-refractivity contribution is 7.99. The van der Waals surface area contributed by atoms with Crippen LogP contribution >= 0.6 is 24.2 Å². The van der Waals surface area contributed by atoms with Crippen molar-refractivity contribution in [3.05, 3.63) is 35.9 Å². The van der Waals surface area contributed by atoms with Crippen molar-refractivity contribution in [2.75, 3.05) is 24.6 Å². The van der Waals surface area contributed by atoms with Gasteiger partial charge in [0.15, 0.2) is 0 Å². The van der Waals surface area contributed by atoms with Crippen LogP contribution in [0.5, 0.6) is 0 Å². The van der Waals surface area contributed by atoms with Crippen LogP contribution in [0.1, 0.15) is 24.8 Å². The van der Waals surface area contributed by atoms with E-state index < -0.39 is 0 Å². The average Bonchev–Trinajstić information content (AvgIpc) is 2.97. The van der Waals surface area contributed by atoms with Crippen molar-refractivity contribution < 1.29 is 4.79 Å². The lowest BCUT2D eigenvalue weighted by Crippen LogP contribution is -2.44. The summed E-state index contributed by atoms with van der Waals surface area (Å²) in [5, 5.41) is 3.47. The lowest BCUT2D eigenvalue weighted by atomic mass is 10.0. The first-order chi connectivity index (χ1) is 10.3. The fourth-order valence-corrected chi connectivity index (χ4v) is 4.29. The highest BCUT2D eigenvalue weighted by atomic mass is 35.5. The summed E-state index contributed by atoms with van der Waals surface area (Å²) in [6, 6.07) is 11.3. The third kappa shape index (κ3) is 4.64. The molecular weight excluding hydrogens is 316 g/mol. The van der Waals surface area contributed by atoms with Crippen LogP contribution in [0.2, 0.25) is 0 Å². The summed E-state index contributed by atoms with van der Waals surface area (Å²) in [7, 11) is 0. The summed E-state index contributed by atoms with van der Waals surface area (Å²) < 4.78 is 0. The number of rotatable bonds is 4. The van der Waals surface area contributed by atoms with Gasteiger partial charge in [-0.25, -0.2) is 0 Å². The van der Waals surface area contributed by atoms with Crippen molar-refractivity contribution in [1.82, 2.24) is 10.2 Å². The molecule has 2 unspecified atom stereocenters. The minimum atomic E-state index is 0. The number of nitrogens with zero attached hydrogens (tertiary/aromatic N) is 1. The molecule has 0 aromatic heterocycles. The summed E-state index contributed by atoms with van der Waals surface area (Å²) in [6.45, 7) is 1.98. The molecule has 1 amide bonds. The highest BCUT2D eigenvalue weighted by Gasteiger charge is 2.30. The summed E-state index contributed by atoms with van der Waals surface area (Å²) in [4.78, 5) is 14.7. The predicted molar refractivity (Wildman–Crippen MR) is 95.9 cm³/mol. The fraction of sp³-hybridized carbons (Fsp3) is 0.588. The molecule has 2 aliphatic rings. The summed E-state index contributed by atoms with van der Waals surface area (Å²) in [5.41, 5.74) is 1.34. The van der Waals surface area contributed by atoms with E-state index in [-0.39, 0.29) is 12.4 Å². The maximum Gasteiger partial charge on any atom is 0.224 e. The van der Waals surface area contributed by atoms with Crippen LogP contribution in [-0.2, 0) is 11.2 Å². The lowest BCUT2D eigenvalue weighted by molar-refractivity contribution is -0.132. The molecule has 2 heterocycles. The van der Waals surface area contributed by atoms with Gasteiger partial charge < -0.3 is 10.2 Å². The number of carbonyl (C=O) groups excluding carboxylic acids is 1. The molecule has 0 aliphatic carbocycles. The van der Waals surface area contributed by atoms with Crippen LogP contribution < -0.4 is 5.32 Å². The van der Waals surface area contributed by atoms with E-state index >= 15 is 0 Å². The first-order valence-corrected chi connectivity index (χ1v) is 9.13. The first-order valence-electron chi connectivity index (χ1n) is 7.97. The molecule has 3 nitrogen and oxygen atoms in total. The number of hydrogen-bond donors (Lipinski definition) is 1. The van der Waals surface area contributed by atoms with Crippen molar-refractivity contribution in [1.29, 1.82) is 0 Å². The number of carbonyl (C=O) groups is 1. The van der Waals surface area contributed by atoms with E-state index in [2.05, 4.69) is 34.5 Å². The molecule has 22 heavy (non-hydrogen) atoms. The van der Waals surface area contributed by atoms with E-state index in [9.17, 15) is 4.79 Å². The molecule has 2 fully saturated rings. The Labute approximate surface area is 143 Å². The van der Waals surface area contributed by atoms with Gasteiger partial charge in [0.25, 0.3) is 0 Å². The number of hydrogen-bond acceptors (Lipinski definition) is 3. The van der Waals surface area contributed by atoms with Crippen LogP contribution in [0.15, 0.2) is 30.3 Å². The molecule has 2 saturated heterocycles. The topological polar surface area (TPSA) is 32.3 Å². The number of amides is 1. The Bertz CT molecular complexity index is 465. The van der Waals surface area contributed by atoms with Crippen LogP contribution in [0.3, 0.4) is 0 Å². The van der Waals surface area contributed by atoms with Gasteiger partial charge in [0.05, 0.1) is 0 Å². The molecule has 1 N–H and O–H groups in total. The van der Waals surface area contributed by atoms with Crippen molar-refractivity contribution >= 4 is 30.1 Å². The fourth-order valence-electron chi connectivity index (χ4n) is 3.34. The molecule has 0 radical (unpaired) electrons. The Balaban J connectivity index is 0.00000176. The maximum absolute atomic E-state index is 12.6. The van der Waals surface area contributed by atoms with E-state index in [1.54, 1.807) is 0 Å². The second-order valence-corrected chi connectivity index (χ2v) is 7.15. The molecule has 0 spiro atoms. The standard InChI is InChI=1S/C17H24N2OS.ClH/c20-17(12-15-13-21-10-8-18-15)19-9-4-7-16(19)11-14-5-2-1-3-6-14;/h1-3,5-6,15-16,18H,4,7-13H2;1H. The second-order valence-electron chi connectivity index (χ2n) is 6.00. The average molecular weight is 341 g/mol. The third-order valence-electron chi connectivity index (χ3n) is 4.43. The summed E-state index contributed by atoms with van der Waals surface area (Å²) in [6.07, 6.45) is 3.96. The van der Waals surface area contributed by atoms with Crippen LogP contribution in [0.4, 0.5) is 0 Å². The van der Waals surface area contributed by atoms with Crippen LogP contribution in [0.25, 0.3) is 0 Å². The molecule has 0 bridgehead atoms. The molecule has 122 valence electrons. The smallest absolute Gasteiger partial charge is 0.224 e. The van der Waals surface area contributed by atoms with E-state index in [1.807, 2.05) is 17.8 Å². The number of thioether (sulfide) groups is 1. The Kier molecular flexibility index (Phi) is 7.06. The molecule has 1 aromatic rings. The number of likely N-dealkylation sites (tertiary alicyclic amines) is 1. The van der Waals surface area contributed by atoms with Gasteiger partial charge >= 0.3 is 0 Å². The maximum atomic E-state index is 12.6. The van der Waals surface area contributed by atoms with Gasteiger partial charge in [0, 0.05) is 43.1 Å². The van der Waals surface area contributed by atoms with Gasteiger partial charge in [-0.1, -0.05) is 30.3 Å². The molecule has 2 aliphatic heterocycles. The number of nitrogens with one attached hydrogen (secondary N) is 1. The zero-order valence-electron chi connectivity index (χ0n) is 12.9. The molecule has 1 aromatic carbocycles. The molecule has 0 saturated carbocycles. The van der Waals surface area contributed by atoms with Crippen molar-refractivity contribution in [2.24, 2.45) is 0 Å². The summed E-state index contributed by atoms with van der Waals surface area (Å²) in [5.74, 6) is 2.59. The van der Waals surface area contributed by atoms with Crippen molar-refractivity contribution in [3.8, 4) is 0 Å². The molecule has 5 heteroatoms. The van der Waals surface area contributed by atoms with Gasteiger partial charge in [0.1, 0.15) is 0 Å². The van der Waals surface area contributed by atoms with Crippen molar-refractivity contribution in [2.45, 2.75) is 37.8 Å². The molecular formula is C17H25ClN2OS. The second kappa shape index (κ2) is 8.80. The Hall–Kier alpha value is -0.710. The van der Waals surface area contributed by atoms with Gasteiger partial charge in [-0.05, 0) is 24.8 Å². The predicted octanol–water partition coefficient (Wildman–Crippen LogP) is 2.74. The van der Waals surface area contributed by atoms with Crippen LogP contribution in [-0.4, -0.2) is 47.5 Å². The molecule has 2 atom stereocenters. The Morgan fingerprint density at radius 1 is 1.32 bits per heavy atom. The van der Waals surface area contributed by atoms with E-state index in [4.69, 9.17) is 0 Å². The van der Waals surface area contributed by atoms with Gasteiger partial charge in [0.2, 0.25) is 5.91 Å². The normalized spacial score (nSPS) is 24.8. The number of halogens is 1. The minimum absolute atomic E-state index is 0. The quantitative estimate of drug-likeness (QED) is 0.914. The number of benzene rings is 1. The Morgan fingerprint density at radius 2 is 2.14 bits per heavy atom. The largest absolute Gasteiger partial charge is 0.339 e. The lowest BCUT2D eigenvalue weighted by Gasteiger charge is -2.28. The molecule has 3 rings (SSSR count). The third-order valence-corrected chi connectivity index (χ3v) is 5.56. The van der Waals surface area contributed by atoms with E-state index in [1.165, 1.54) is 11.3 Å². The van der Waals surface area contributed by atoms with E-state index in [0.717, 1.165) is 38.1 Å². The van der Waals surface area contributed by atoms with Crippen LogP contribution in [0, 0.1) is 0 Å². The first kappa shape index (κ1) is 17.6. The zero-order valence-corrected chi connectivity index (χ0v) is 14.5. The minimum Gasteiger partial charge on any atom is -0.339 e.